The zero-order chi connectivity index (χ0) is 14.8. The third-order valence-corrected chi connectivity index (χ3v) is 4.02. The van der Waals surface area contributed by atoms with Crippen molar-refractivity contribution >= 4 is 16.3 Å². The molecule has 2 nitrogen and oxygen atoms in total. The molecule has 2 N–H and O–H groups in total. The van der Waals surface area contributed by atoms with E-state index in [1.807, 2.05) is 30.3 Å². The summed E-state index contributed by atoms with van der Waals surface area (Å²) in [6.07, 6.45) is -2.50. The molecule has 0 amide bonds. The van der Waals surface area contributed by atoms with E-state index in [4.69, 9.17) is 5.73 Å². The van der Waals surface area contributed by atoms with Gasteiger partial charge in [-0.3, -0.25) is 0 Å². The molecule has 0 fully saturated rings. The van der Waals surface area contributed by atoms with E-state index in [1.54, 1.807) is 12.1 Å². The van der Waals surface area contributed by atoms with Crippen molar-refractivity contribution in [3.8, 4) is 21.8 Å². The van der Waals surface area contributed by atoms with Crippen LogP contribution < -0.4 is 5.73 Å². The number of thiazole rings is 1. The average molecular weight is 302 g/mol. The molecule has 0 saturated carbocycles. The van der Waals surface area contributed by atoms with E-state index >= 15 is 0 Å². The fourth-order valence-electron chi connectivity index (χ4n) is 2.06. The summed E-state index contributed by atoms with van der Waals surface area (Å²) in [5.74, 6) is 0. The van der Waals surface area contributed by atoms with Crippen molar-refractivity contribution in [3.63, 3.8) is 0 Å². The number of hydrogen-bond donors (Lipinski definition) is 1. The average Bonchev–Trinajstić information content (AvgIpc) is 2.90. The summed E-state index contributed by atoms with van der Waals surface area (Å²) < 4.78 is 25.6. The summed E-state index contributed by atoms with van der Waals surface area (Å²) in [5, 5.41) is 1.31. The number of halogens is 2. The monoisotopic (exact) mass is 302 g/mol. The SMILES string of the molecule is Nc1sc(-c2ccccc2)nc1-c1cccc(C(F)F)c1. The number of rotatable bonds is 3. The first-order valence-electron chi connectivity index (χ1n) is 6.35. The second-order valence-corrected chi connectivity index (χ2v) is 5.55. The van der Waals surface area contributed by atoms with Crippen molar-refractivity contribution in [3.05, 3.63) is 60.2 Å². The third kappa shape index (κ3) is 2.78. The van der Waals surface area contributed by atoms with Gasteiger partial charge in [0.1, 0.15) is 15.7 Å². The molecule has 3 aromatic rings. The minimum atomic E-state index is -2.50. The van der Waals surface area contributed by atoms with E-state index < -0.39 is 6.43 Å². The molecule has 0 atom stereocenters. The van der Waals surface area contributed by atoms with Crippen LogP contribution in [0.25, 0.3) is 21.8 Å². The number of nitrogens with zero attached hydrogens (tertiary/aromatic N) is 1. The molecule has 1 heterocycles. The molecule has 0 aliphatic carbocycles. The van der Waals surface area contributed by atoms with Gasteiger partial charge in [-0.1, -0.05) is 59.9 Å². The second-order valence-electron chi connectivity index (χ2n) is 4.52. The van der Waals surface area contributed by atoms with Crippen molar-refractivity contribution in [2.24, 2.45) is 0 Å². The number of anilines is 1. The molecule has 0 radical (unpaired) electrons. The van der Waals surface area contributed by atoms with Gasteiger partial charge in [0.05, 0.1) is 0 Å². The van der Waals surface area contributed by atoms with Gasteiger partial charge in [0.25, 0.3) is 6.43 Å². The number of benzene rings is 2. The fraction of sp³-hybridized carbons (Fsp3) is 0.0625. The van der Waals surface area contributed by atoms with Gasteiger partial charge >= 0.3 is 0 Å². The zero-order valence-electron chi connectivity index (χ0n) is 11.0. The third-order valence-electron chi connectivity index (χ3n) is 3.09. The van der Waals surface area contributed by atoms with Crippen molar-refractivity contribution < 1.29 is 8.78 Å². The smallest absolute Gasteiger partial charge is 0.263 e. The Balaban J connectivity index is 2.04. The van der Waals surface area contributed by atoms with E-state index in [-0.39, 0.29) is 5.56 Å². The van der Waals surface area contributed by atoms with Crippen LogP contribution in [0.15, 0.2) is 54.6 Å². The van der Waals surface area contributed by atoms with Crippen molar-refractivity contribution in [1.82, 2.24) is 4.98 Å². The van der Waals surface area contributed by atoms with Gasteiger partial charge in [-0.05, 0) is 6.07 Å². The quantitative estimate of drug-likeness (QED) is 0.739. The lowest BCUT2D eigenvalue weighted by Gasteiger charge is -2.03. The summed E-state index contributed by atoms with van der Waals surface area (Å²) >= 11 is 1.36. The predicted molar refractivity (Wildman–Crippen MR) is 82.4 cm³/mol. The van der Waals surface area contributed by atoms with Gasteiger partial charge in [0, 0.05) is 16.7 Å². The fourth-order valence-corrected chi connectivity index (χ4v) is 2.92. The van der Waals surface area contributed by atoms with Crippen molar-refractivity contribution in [2.75, 3.05) is 5.73 Å². The maximum Gasteiger partial charge on any atom is 0.263 e. The van der Waals surface area contributed by atoms with Gasteiger partial charge < -0.3 is 5.73 Å². The normalized spacial score (nSPS) is 11.0. The molecule has 0 unspecified atom stereocenters. The first-order valence-corrected chi connectivity index (χ1v) is 7.17. The molecular formula is C16H12F2N2S. The summed E-state index contributed by atoms with van der Waals surface area (Å²) in [7, 11) is 0. The largest absolute Gasteiger partial charge is 0.389 e. The Labute approximate surface area is 124 Å². The lowest BCUT2D eigenvalue weighted by Crippen LogP contribution is -1.89. The number of nitrogen functional groups attached to an aromatic ring is 1. The van der Waals surface area contributed by atoms with Crippen molar-refractivity contribution in [1.29, 1.82) is 0 Å². The highest BCUT2D eigenvalue weighted by Crippen LogP contribution is 2.36. The van der Waals surface area contributed by atoms with Crippen LogP contribution in [0.3, 0.4) is 0 Å². The first-order chi connectivity index (χ1) is 10.1. The topological polar surface area (TPSA) is 38.9 Å². The highest BCUT2D eigenvalue weighted by atomic mass is 32.1. The van der Waals surface area contributed by atoms with Crippen LogP contribution in [0.5, 0.6) is 0 Å². The Hall–Kier alpha value is -2.27. The van der Waals surface area contributed by atoms with Crippen molar-refractivity contribution in [2.45, 2.75) is 6.43 Å². The van der Waals surface area contributed by atoms with Gasteiger partial charge in [-0.15, -0.1) is 0 Å². The van der Waals surface area contributed by atoms with E-state index in [9.17, 15) is 8.78 Å². The number of alkyl halides is 2. The standard InChI is InChI=1S/C16H12F2N2S/c17-14(18)12-8-4-7-11(9-12)13-15(19)21-16(20-13)10-5-2-1-3-6-10/h1-9,14H,19H2. The lowest BCUT2D eigenvalue weighted by atomic mass is 10.1. The highest BCUT2D eigenvalue weighted by molar-refractivity contribution is 7.19. The molecule has 3 rings (SSSR count). The van der Waals surface area contributed by atoms with Crippen LogP contribution in [0.1, 0.15) is 12.0 Å². The molecule has 5 heteroatoms. The Morgan fingerprint density at radius 3 is 2.38 bits per heavy atom. The second kappa shape index (κ2) is 5.61. The van der Waals surface area contributed by atoms with Crippen LogP contribution in [-0.4, -0.2) is 4.98 Å². The summed E-state index contributed by atoms with van der Waals surface area (Å²) in [6, 6.07) is 15.8. The van der Waals surface area contributed by atoms with Gasteiger partial charge in [0.2, 0.25) is 0 Å². The zero-order valence-corrected chi connectivity index (χ0v) is 11.8. The van der Waals surface area contributed by atoms with Crippen LogP contribution in [0, 0.1) is 0 Å². The van der Waals surface area contributed by atoms with Crippen LogP contribution in [-0.2, 0) is 0 Å². The van der Waals surface area contributed by atoms with Crippen LogP contribution >= 0.6 is 11.3 Å². The maximum absolute atomic E-state index is 12.8. The summed E-state index contributed by atoms with van der Waals surface area (Å²) in [6.45, 7) is 0. The number of aromatic nitrogens is 1. The lowest BCUT2D eigenvalue weighted by molar-refractivity contribution is 0.151. The summed E-state index contributed by atoms with van der Waals surface area (Å²) in [5.41, 5.74) is 8.11. The molecule has 0 spiro atoms. The minimum absolute atomic E-state index is 0.0267. The van der Waals surface area contributed by atoms with E-state index in [1.165, 1.54) is 23.5 Å². The number of hydrogen-bond acceptors (Lipinski definition) is 3. The molecule has 21 heavy (non-hydrogen) atoms. The van der Waals surface area contributed by atoms with Gasteiger partial charge in [0.15, 0.2) is 0 Å². The molecule has 0 aliphatic heterocycles. The van der Waals surface area contributed by atoms with E-state index in [0.29, 0.717) is 16.3 Å². The molecular weight excluding hydrogens is 290 g/mol. The molecule has 106 valence electrons. The Morgan fingerprint density at radius 1 is 0.952 bits per heavy atom. The molecule has 1 aromatic heterocycles. The van der Waals surface area contributed by atoms with Crippen LogP contribution in [0.4, 0.5) is 13.8 Å². The van der Waals surface area contributed by atoms with Gasteiger partial charge in [-0.2, -0.15) is 0 Å². The maximum atomic E-state index is 12.8. The summed E-state index contributed by atoms with van der Waals surface area (Å²) in [4.78, 5) is 4.50. The Bertz CT molecular complexity index is 754. The van der Waals surface area contributed by atoms with Crippen LogP contribution in [0.2, 0.25) is 0 Å². The van der Waals surface area contributed by atoms with Gasteiger partial charge in [-0.25, -0.2) is 13.8 Å². The molecule has 0 bridgehead atoms. The first kappa shape index (κ1) is 13.7. The predicted octanol–water partition coefficient (Wildman–Crippen LogP) is 5.00. The Kier molecular flexibility index (Phi) is 3.66. The molecule has 0 saturated heterocycles. The molecule has 2 aromatic carbocycles. The molecule has 0 aliphatic rings. The van der Waals surface area contributed by atoms with E-state index in [2.05, 4.69) is 4.98 Å². The highest BCUT2D eigenvalue weighted by Gasteiger charge is 2.14. The number of nitrogens with two attached hydrogens (primary N) is 1. The van der Waals surface area contributed by atoms with E-state index in [0.717, 1.165) is 10.6 Å². The Morgan fingerprint density at radius 2 is 1.67 bits per heavy atom. The minimum Gasteiger partial charge on any atom is -0.389 e.